The number of anilines is 2. The van der Waals surface area contributed by atoms with Crippen molar-refractivity contribution in [3.05, 3.63) is 59.2 Å². The molecule has 0 saturated carbocycles. The van der Waals surface area contributed by atoms with Gasteiger partial charge in [0.2, 0.25) is 10.0 Å². The molecule has 108 valence electrons. The van der Waals surface area contributed by atoms with Crippen molar-refractivity contribution in [3.8, 4) is 6.07 Å². The van der Waals surface area contributed by atoms with Crippen molar-refractivity contribution in [2.45, 2.75) is 12.7 Å². The van der Waals surface area contributed by atoms with Crippen molar-refractivity contribution in [1.29, 1.82) is 5.26 Å². The van der Waals surface area contributed by atoms with Crippen LogP contribution in [-0.2, 0) is 15.8 Å². The van der Waals surface area contributed by atoms with Crippen molar-refractivity contribution < 1.29 is 8.42 Å². The summed E-state index contributed by atoms with van der Waals surface area (Å²) >= 11 is 0. The molecule has 0 unspecified atom stereocenters. The minimum Gasteiger partial charge on any atom is -0.398 e. The second-order valence-electron chi connectivity index (χ2n) is 4.70. The molecule has 0 radical (unpaired) electrons. The van der Waals surface area contributed by atoms with Crippen LogP contribution < -0.4 is 10.5 Å². The van der Waals surface area contributed by atoms with Gasteiger partial charge in [-0.3, -0.25) is 4.72 Å². The monoisotopic (exact) mass is 301 g/mol. The molecule has 0 atom stereocenters. The average molecular weight is 301 g/mol. The molecular weight excluding hydrogens is 286 g/mol. The highest BCUT2D eigenvalue weighted by atomic mass is 32.2. The molecule has 0 amide bonds. The first-order valence-corrected chi connectivity index (χ1v) is 7.91. The number of rotatable bonds is 4. The molecule has 2 aromatic carbocycles. The maximum Gasteiger partial charge on any atom is 0.236 e. The number of benzene rings is 2. The Hall–Kier alpha value is -2.52. The number of aryl methyl sites for hydroxylation is 1. The third kappa shape index (κ3) is 3.74. The molecule has 0 aliphatic rings. The fourth-order valence-corrected chi connectivity index (χ4v) is 3.10. The predicted octanol–water partition coefficient (Wildman–Crippen LogP) is 2.39. The number of hydrogen-bond acceptors (Lipinski definition) is 4. The Morgan fingerprint density at radius 1 is 1.24 bits per heavy atom. The normalized spacial score (nSPS) is 10.9. The zero-order valence-corrected chi connectivity index (χ0v) is 12.3. The molecule has 0 aliphatic carbocycles. The lowest BCUT2D eigenvalue weighted by Gasteiger charge is -2.10. The second kappa shape index (κ2) is 5.85. The van der Waals surface area contributed by atoms with E-state index < -0.39 is 10.0 Å². The van der Waals surface area contributed by atoms with Crippen LogP contribution in [0.1, 0.15) is 16.7 Å². The first-order chi connectivity index (χ1) is 9.91. The van der Waals surface area contributed by atoms with Crippen LogP contribution in [0.5, 0.6) is 0 Å². The van der Waals surface area contributed by atoms with Crippen molar-refractivity contribution in [2.75, 3.05) is 10.5 Å². The van der Waals surface area contributed by atoms with Gasteiger partial charge in [0, 0.05) is 5.69 Å². The van der Waals surface area contributed by atoms with Gasteiger partial charge in [-0.1, -0.05) is 24.3 Å². The second-order valence-corrected chi connectivity index (χ2v) is 6.42. The Balaban J connectivity index is 2.23. The summed E-state index contributed by atoms with van der Waals surface area (Å²) in [6, 6.07) is 13.6. The molecule has 0 saturated heterocycles. The smallest absolute Gasteiger partial charge is 0.236 e. The van der Waals surface area contributed by atoms with Crippen LogP contribution in [0.2, 0.25) is 0 Å². The van der Waals surface area contributed by atoms with Gasteiger partial charge in [-0.2, -0.15) is 5.26 Å². The van der Waals surface area contributed by atoms with Crippen LogP contribution in [-0.4, -0.2) is 8.42 Å². The minimum atomic E-state index is -3.61. The summed E-state index contributed by atoms with van der Waals surface area (Å²) in [4.78, 5) is 0. The summed E-state index contributed by atoms with van der Waals surface area (Å²) in [6.45, 7) is 1.84. The molecule has 0 spiro atoms. The molecule has 0 fully saturated rings. The standard InChI is InChI=1S/C15H15N3O2S/c1-11-6-7-14(8-15(11)17)18-21(19,20)10-13-5-3-2-4-12(13)9-16/h2-8,18H,10,17H2,1H3. The highest BCUT2D eigenvalue weighted by Crippen LogP contribution is 2.19. The number of nitrogen functional groups attached to an aromatic ring is 1. The fraction of sp³-hybridized carbons (Fsp3) is 0.133. The molecule has 2 rings (SSSR count). The lowest BCUT2D eigenvalue weighted by atomic mass is 10.1. The Morgan fingerprint density at radius 2 is 1.95 bits per heavy atom. The average Bonchev–Trinajstić information content (AvgIpc) is 2.43. The third-order valence-electron chi connectivity index (χ3n) is 3.04. The van der Waals surface area contributed by atoms with E-state index in [-0.39, 0.29) is 5.75 Å². The third-order valence-corrected chi connectivity index (χ3v) is 4.27. The van der Waals surface area contributed by atoms with Crippen LogP contribution >= 0.6 is 0 Å². The number of hydrogen-bond donors (Lipinski definition) is 2. The maximum absolute atomic E-state index is 12.2. The van der Waals surface area contributed by atoms with Gasteiger partial charge in [-0.25, -0.2) is 8.42 Å². The minimum absolute atomic E-state index is 0.259. The number of nitriles is 1. The van der Waals surface area contributed by atoms with Crippen molar-refractivity contribution in [2.24, 2.45) is 0 Å². The van der Waals surface area contributed by atoms with E-state index >= 15 is 0 Å². The summed E-state index contributed by atoms with van der Waals surface area (Å²) in [6.07, 6.45) is 0. The molecular formula is C15H15N3O2S. The first kappa shape index (κ1) is 14.9. The molecule has 0 bridgehead atoms. The maximum atomic E-state index is 12.2. The number of nitrogens with two attached hydrogens (primary N) is 1. The van der Waals surface area contributed by atoms with Crippen LogP contribution in [0, 0.1) is 18.3 Å². The van der Waals surface area contributed by atoms with E-state index in [0.29, 0.717) is 22.5 Å². The summed E-state index contributed by atoms with van der Waals surface area (Å²) < 4.78 is 26.8. The topological polar surface area (TPSA) is 96.0 Å². The van der Waals surface area contributed by atoms with Crippen molar-refractivity contribution in [1.82, 2.24) is 0 Å². The summed E-state index contributed by atoms with van der Waals surface area (Å²) in [7, 11) is -3.61. The Bertz CT molecular complexity index is 808. The van der Waals surface area contributed by atoms with Gasteiger partial charge in [-0.15, -0.1) is 0 Å². The molecule has 0 aliphatic heterocycles. The quantitative estimate of drug-likeness (QED) is 0.847. The van der Waals surface area contributed by atoms with Gasteiger partial charge in [0.05, 0.1) is 23.1 Å². The fourth-order valence-electron chi connectivity index (χ4n) is 1.88. The molecule has 2 aromatic rings. The van der Waals surface area contributed by atoms with Crippen molar-refractivity contribution >= 4 is 21.4 Å². The van der Waals surface area contributed by atoms with Crippen molar-refractivity contribution in [3.63, 3.8) is 0 Å². The van der Waals surface area contributed by atoms with Gasteiger partial charge in [-0.05, 0) is 36.2 Å². The van der Waals surface area contributed by atoms with Gasteiger partial charge < -0.3 is 5.73 Å². The zero-order valence-electron chi connectivity index (χ0n) is 11.5. The van der Waals surface area contributed by atoms with Crippen LogP contribution in [0.25, 0.3) is 0 Å². The molecule has 0 heterocycles. The van der Waals surface area contributed by atoms with E-state index in [2.05, 4.69) is 4.72 Å². The lowest BCUT2D eigenvalue weighted by Crippen LogP contribution is -2.16. The highest BCUT2D eigenvalue weighted by molar-refractivity contribution is 7.91. The summed E-state index contributed by atoms with van der Waals surface area (Å²) in [5.41, 5.74) is 8.39. The predicted molar refractivity (Wildman–Crippen MR) is 83.0 cm³/mol. The van der Waals surface area contributed by atoms with E-state index in [1.165, 1.54) is 0 Å². The summed E-state index contributed by atoms with van der Waals surface area (Å²) in [5, 5.41) is 8.99. The molecule has 21 heavy (non-hydrogen) atoms. The lowest BCUT2D eigenvalue weighted by molar-refractivity contribution is 0.600. The van der Waals surface area contributed by atoms with Gasteiger partial charge in [0.15, 0.2) is 0 Å². The van der Waals surface area contributed by atoms with E-state index in [1.807, 2.05) is 13.0 Å². The SMILES string of the molecule is Cc1ccc(NS(=O)(=O)Cc2ccccc2C#N)cc1N. The van der Waals surface area contributed by atoms with Crippen LogP contribution in [0.4, 0.5) is 11.4 Å². The Kier molecular flexibility index (Phi) is 4.15. The van der Waals surface area contributed by atoms with Gasteiger partial charge in [0.1, 0.15) is 0 Å². The molecule has 3 N–H and O–H groups in total. The number of nitrogens with one attached hydrogen (secondary N) is 1. The number of nitrogens with zero attached hydrogens (tertiary/aromatic N) is 1. The summed E-state index contributed by atoms with van der Waals surface area (Å²) in [5.74, 6) is -0.259. The van der Waals surface area contributed by atoms with Gasteiger partial charge in [0.25, 0.3) is 0 Å². The zero-order chi connectivity index (χ0) is 15.5. The number of sulfonamides is 1. The largest absolute Gasteiger partial charge is 0.398 e. The van der Waals surface area contributed by atoms with Gasteiger partial charge >= 0.3 is 0 Å². The van der Waals surface area contributed by atoms with E-state index in [0.717, 1.165) is 5.56 Å². The van der Waals surface area contributed by atoms with E-state index in [4.69, 9.17) is 11.0 Å². The molecule has 6 heteroatoms. The Morgan fingerprint density at radius 3 is 2.62 bits per heavy atom. The van der Waals surface area contributed by atoms with E-state index in [1.54, 1.807) is 42.5 Å². The van der Waals surface area contributed by atoms with Crippen LogP contribution in [0.15, 0.2) is 42.5 Å². The highest BCUT2D eigenvalue weighted by Gasteiger charge is 2.14. The Labute approximate surface area is 124 Å². The molecule has 0 aromatic heterocycles. The van der Waals surface area contributed by atoms with E-state index in [9.17, 15) is 8.42 Å². The molecule has 5 nitrogen and oxygen atoms in total. The van der Waals surface area contributed by atoms with Crippen LogP contribution in [0.3, 0.4) is 0 Å². The first-order valence-electron chi connectivity index (χ1n) is 6.26.